The predicted molar refractivity (Wildman–Crippen MR) is 152 cm³/mol. The average Bonchev–Trinajstić information content (AvgIpc) is 3.37. The molecule has 1 unspecified atom stereocenters. The van der Waals surface area contributed by atoms with Crippen LogP contribution in [0.4, 0.5) is 10.5 Å². The Bertz CT molecular complexity index is 1420. The Morgan fingerprint density at radius 3 is 2.46 bits per heavy atom. The van der Waals surface area contributed by atoms with Gasteiger partial charge in [-0.15, -0.1) is 10.2 Å². The molecule has 202 valence electrons. The number of rotatable bonds is 10. The van der Waals surface area contributed by atoms with Crippen LogP contribution >= 0.6 is 11.8 Å². The molecule has 0 aliphatic carbocycles. The maximum atomic E-state index is 12.8. The van der Waals surface area contributed by atoms with Gasteiger partial charge in [0.2, 0.25) is 0 Å². The standard InChI is InChI=1S/C29H31N5O4S/c1-5-38-27(35)22-11-13-23(14-12-22)31-28(36)30-20(3)26-32-33-29(34(26)24-15-9-19(2)10-16-24)39-18-21-7-6-8-25(17-21)37-4/h6-17,20H,5,18H2,1-4H3,(H2,30,31,36). The zero-order chi connectivity index (χ0) is 27.8. The van der Waals surface area contributed by atoms with E-state index < -0.39 is 18.0 Å². The number of aromatic nitrogens is 3. The van der Waals surface area contributed by atoms with E-state index in [1.165, 1.54) is 0 Å². The summed E-state index contributed by atoms with van der Waals surface area (Å²) in [6.45, 7) is 5.94. The summed E-state index contributed by atoms with van der Waals surface area (Å²) in [5, 5.41) is 15.3. The third-order valence-corrected chi connectivity index (χ3v) is 6.84. The van der Waals surface area contributed by atoms with Crippen molar-refractivity contribution in [1.29, 1.82) is 0 Å². The number of ether oxygens (including phenoxy) is 2. The van der Waals surface area contributed by atoms with E-state index in [4.69, 9.17) is 9.47 Å². The number of aryl methyl sites for hydroxylation is 1. The van der Waals surface area contributed by atoms with Crippen LogP contribution in [0.5, 0.6) is 5.75 Å². The Morgan fingerprint density at radius 2 is 1.77 bits per heavy atom. The van der Waals surface area contributed by atoms with E-state index in [9.17, 15) is 9.59 Å². The third-order valence-electron chi connectivity index (χ3n) is 5.84. The summed E-state index contributed by atoms with van der Waals surface area (Å²) in [6.07, 6.45) is 0. The van der Waals surface area contributed by atoms with Crippen molar-refractivity contribution >= 4 is 29.4 Å². The van der Waals surface area contributed by atoms with Crippen LogP contribution in [0.15, 0.2) is 78.0 Å². The van der Waals surface area contributed by atoms with Gasteiger partial charge < -0.3 is 20.1 Å². The van der Waals surface area contributed by atoms with Crippen molar-refractivity contribution in [2.24, 2.45) is 0 Å². The molecule has 0 radical (unpaired) electrons. The minimum atomic E-state index is -0.455. The number of hydrogen-bond acceptors (Lipinski definition) is 7. The van der Waals surface area contributed by atoms with E-state index in [1.807, 2.05) is 66.9 Å². The van der Waals surface area contributed by atoms with E-state index in [1.54, 1.807) is 50.1 Å². The largest absolute Gasteiger partial charge is 0.497 e. The molecular formula is C29H31N5O4S. The minimum Gasteiger partial charge on any atom is -0.497 e. The number of hydrogen-bond donors (Lipinski definition) is 2. The summed E-state index contributed by atoms with van der Waals surface area (Å²) < 4.78 is 12.3. The third kappa shape index (κ3) is 7.17. The van der Waals surface area contributed by atoms with Crippen LogP contribution in [0.3, 0.4) is 0 Å². The number of carbonyl (C=O) groups excluding carboxylic acids is 2. The summed E-state index contributed by atoms with van der Waals surface area (Å²) in [5.41, 5.74) is 4.10. The van der Waals surface area contributed by atoms with E-state index in [2.05, 4.69) is 20.8 Å². The molecule has 4 rings (SSSR count). The first-order valence-electron chi connectivity index (χ1n) is 12.5. The van der Waals surface area contributed by atoms with Crippen LogP contribution in [-0.4, -0.2) is 40.5 Å². The molecule has 0 aliphatic rings. The van der Waals surface area contributed by atoms with Crippen LogP contribution in [0.25, 0.3) is 5.69 Å². The van der Waals surface area contributed by atoms with Gasteiger partial charge in [0, 0.05) is 17.1 Å². The van der Waals surface area contributed by atoms with E-state index >= 15 is 0 Å². The van der Waals surface area contributed by atoms with Gasteiger partial charge in [0.1, 0.15) is 5.75 Å². The molecule has 1 atom stereocenters. The predicted octanol–water partition coefficient (Wildman–Crippen LogP) is 5.94. The average molecular weight is 546 g/mol. The second kappa shape index (κ2) is 13.0. The van der Waals surface area contributed by atoms with Gasteiger partial charge in [-0.1, -0.05) is 41.6 Å². The fraction of sp³-hybridized carbons (Fsp3) is 0.241. The Labute approximate surface area is 231 Å². The first kappa shape index (κ1) is 27.7. The summed E-state index contributed by atoms with van der Waals surface area (Å²) in [7, 11) is 1.65. The summed E-state index contributed by atoms with van der Waals surface area (Å²) in [4.78, 5) is 24.7. The van der Waals surface area contributed by atoms with Crippen LogP contribution < -0.4 is 15.4 Å². The summed E-state index contributed by atoms with van der Waals surface area (Å²) in [6, 6.07) is 21.6. The number of thioether (sulfide) groups is 1. The Kier molecular flexibility index (Phi) is 9.22. The molecule has 2 N–H and O–H groups in total. The fourth-order valence-electron chi connectivity index (χ4n) is 3.83. The number of anilines is 1. The first-order valence-corrected chi connectivity index (χ1v) is 13.5. The second-order valence-electron chi connectivity index (χ2n) is 8.77. The van der Waals surface area contributed by atoms with Crippen molar-refractivity contribution in [2.45, 2.75) is 37.7 Å². The molecule has 4 aromatic rings. The van der Waals surface area contributed by atoms with Crippen molar-refractivity contribution < 1.29 is 19.1 Å². The fourth-order valence-corrected chi connectivity index (χ4v) is 4.74. The van der Waals surface area contributed by atoms with Crippen LogP contribution in [0.1, 0.15) is 47.2 Å². The minimum absolute atomic E-state index is 0.299. The topological polar surface area (TPSA) is 107 Å². The number of benzene rings is 3. The van der Waals surface area contributed by atoms with Gasteiger partial charge in [-0.3, -0.25) is 4.57 Å². The molecule has 0 spiro atoms. The lowest BCUT2D eigenvalue weighted by Gasteiger charge is -2.17. The SMILES string of the molecule is CCOC(=O)c1ccc(NC(=O)NC(C)c2nnc(SCc3cccc(OC)c3)n2-c2ccc(C)cc2)cc1. The maximum Gasteiger partial charge on any atom is 0.338 e. The number of esters is 1. The van der Waals surface area contributed by atoms with Gasteiger partial charge in [-0.25, -0.2) is 9.59 Å². The lowest BCUT2D eigenvalue weighted by molar-refractivity contribution is 0.0526. The molecule has 1 heterocycles. The lowest BCUT2D eigenvalue weighted by Crippen LogP contribution is -2.32. The lowest BCUT2D eigenvalue weighted by atomic mass is 10.2. The Hall–Kier alpha value is -4.31. The molecule has 1 aromatic heterocycles. The van der Waals surface area contributed by atoms with E-state index in [-0.39, 0.29) is 0 Å². The molecular weight excluding hydrogens is 514 g/mol. The highest BCUT2D eigenvalue weighted by Crippen LogP contribution is 2.28. The zero-order valence-electron chi connectivity index (χ0n) is 22.3. The van der Waals surface area contributed by atoms with Crippen LogP contribution in [0, 0.1) is 6.92 Å². The van der Waals surface area contributed by atoms with Crippen molar-refractivity contribution in [1.82, 2.24) is 20.1 Å². The van der Waals surface area contributed by atoms with Crippen molar-refractivity contribution in [2.75, 3.05) is 19.0 Å². The van der Waals surface area contributed by atoms with Crippen molar-refractivity contribution in [3.05, 3.63) is 95.3 Å². The van der Waals surface area contributed by atoms with Crippen molar-refractivity contribution in [3.8, 4) is 11.4 Å². The van der Waals surface area contributed by atoms with Gasteiger partial charge in [-0.05, 0) is 74.9 Å². The van der Waals surface area contributed by atoms with Crippen LogP contribution in [-0.2, 0) is 10.5 Å². The molecule has 0 fully saturated rings. The molecule has 9 nitrogen and oxygen atoms in total. The molecule has 10 heteroatoms. The second-order valence-corrected chi connectivity index (χ2v) is 9.71. The molecule has 0 saturated heterocycles. The van der Waals surface area contributed by atoms with Gasteiger partial charge in [0.05, 0.1) is 25.3 Å². The molecule has 0 bridgehead atoms. The van der Waals surface area contributed by atoms with E-state index in [0.717, 1.165) is 22.6 Å². The molecule has 0 saturated carbocycles. The highest BCUT2D eigenvalue weighted by Gasteiger charge is 2.21. The number of urea groups is 1. The number of amides is 2. The smallest absolute Gasteiger partial charge is 0.338 e. The highest BCUT2D eigenvalue weighted by atomic mass is 32.2. The molecule has 2 amide bonds. The molecule has 3 aromatic carbocycles. The Morgan fingerprint density at radius 1 is 1.03 bits per heavy atom. The first-order chi connectivity index (χ1) is 18.9. The monoisotopic (exact) mass is 545 g/mol. The van der Waals surface area contributed by atoms with Crippen LogP contribution in [0.2, 0.25) is 0 Å². The number of carbonyl (C=O) groups is 2. The van der Waals surface area contributed by atoms with Crippen molar-refractivity contribution in [3.63, 3.8) is 0 Å². The van der Waals surface area contributed by atoms with Gasteiger partial charge in [0.25, 0.3) is 0 Å². The number of nitrogens with one attached hydrogen (secondary N) is 2. The number of nitrogens with zero attached hydrogens (tertiary/aromatic N) is 3. The van der Waals surface area contributed by atoms with Gasteiger partial charge >= 0.3 is 12.0 Å². The Balaban J connectivity index is 1.50. The normalized spacial score (nSPS) is 11.5. The summed E-state index contributed by atoms with van der Waals surface area (Å²) in [5.74, 6) is 1.66. The zero-order valence-corrected chi connectivity index (χ0v) is 23.1. The number of methoxy groups -OCH3 is 1. The van der Waals surface area contributed by atoms with E-state index in [0.29, 0.717) is 34.6 Å². The summed E-state index contributed by atoms with van der Waals surface area (Å²) >= 11 is 1.55. The molecule has 0 aliphatic heterocycles. The van der Waals surface area contributed by atoms with Gasteiger partial charge in [0.15, 0.2) is 11.0 Å². The highest BCUT2D eigenvalue weighted by molar-refractivity contribution is 7.98. The molecule has 39 heavy (non-hydrogen) atoms. The maximum absolute atomic E-state index is 12.8. The quantitative estimate of drug-likeness (QED) is 0.188. The van der Waals surface area contributed by atoms with Gasteiger partial charge in [-0.2, -0.15) is 0 Å².